The van der Waals surface area contributed by atoms with Crippen LogP contribution in [0.4, 0.5) is 4.39 Å². The summed E-state index contributed by atoms with van der Waals surface area (Å²) in [5.74, 6) is -2.12. The number of carbonyl (C=O) groups excluding carboxylic acids is 2. The second-order valence-electron chi connectivity index (χ2n) is 7.01. The summed E-state index contributed by atoms with van der Waals surface area (Å²) >= 11 is 5.90. The third kappa shape index (κ3) is 3.93. The topological polar surface area (TPSA) is 62.0 Å². The molecule has 5 nitrogen and oxygen atoms in total. The average molecular weight is 404 g/mol. The van der Waals surface area contributed by atoms with Crippen molar-refractivity contribution in [1.82, 2.24) is 4.90 Å². The minimum atomic E-state index is -0.782. The molecule has 0 bridgehead atoms. The van der Waals surface area contributed by atoms with Gasteiger partial charge in [0.05, 0.1) is 38.8 Å². The molecule has 0 saturated carbocycles. The highest BCUT2D eigenvalue weighted by molar-refractivity contribution is 6.46. The van der Waals surface area contributed by atoms with Gasteiger partial charge in [-0.1, -0.05) is 23.7 Å². The standard InChI is InChI=1S/C21H20ClFN2O3/c1-24(2)11-12-25-18(13-5-9-16(23)10-6-13)17(20(27)21(25)28)19(26)14-3-7-15(22)8-4-14/h3-10,18,26H,11-12H2,1-2H3/p+1/t18-/m0/s1. The highest BCUT2D eigenvalue weighted by Crippen LogP contribution is 2.39. The molecule has 1 atom stereocenters. The van der Waals surface area contributed by atoms with Gasteiger partial charge in [-0.2, -0.15) is 0 Å². The Morgan fingerprint density at radius 3 is 2.29 bits per heavy atom. The van der Waals surface area contributed by atoms with E-state index >= 15 is 0 Å². The highest BCUT2D eigenvalue weighted by Gasteiger charge is 2.46. The van der Waals surface area contributed by atoms with Gasteiger partial charge >= 0.3 is 0 Å². The van der Waals surface area contributed by atoms with Crippen LogP contribution in [0.2, 0.25) is 5.02 Å². The van der Waals surface area contributed by atoms with Gasteiger partial charge in [-0.3, -0.25) is 9.59 Å². The van der Waals surface area contributed by atoms with Crippen LogP contribution in [0, 0.1) is 5.82 Å². The quantitative estimate of drug-likeness (QED) is 0.456. The molecule has 1 aliphatic rings. The van der Waals surface area contributed by atoms with E-state index in [1.165, 1.54) is 29.2 Å². The molecule has 1 fully saturated rings. The molecule has 1 amide bonds. The number of aliphatic hydroxyl groups excluding tert-OH is 1. The molecule has 146 valence electrons. The van der Waals surface area contributed by atoms with E-state index < -0.39 is 23.5 Å². The number of rotatable bonds is 5. The smallest absolute Gasteiger partial charge is 0.295 e. The number of benzene rings is 2. The first-order valence-electron chi connectivity index (χ1n) is 8.88. The number of quaternary nitrogens is 1. The average Bonchev–Trinajstić information content (AvgIpc) is 2.91. The van der Waals surface area contributed by atoms with Crippen molar-refractivity contribution < 1.29 is 24.0 Å². The summed E-state index contributed by atoms with van der Waals surface area (Å²) in [6.07, 6.45) is 0. The SMILES string of the molecule is C[NH+](C)CCN1C(=O)C(=O)C(=C(O)c2ccc(Cl)cc2)[C@@H]1c1ccc(F)cc1. The number of halogens is 2. The molecule has 2 N–H and O–H groups in total. The number of hydrogen-bond donors (Lipinski definition) is 2. The van der Waals surface area contributed by atoms with Crippen LogP contribution < -0.4 is 4.90 Å². The monoisotopic (exact) mass is 403 g/mol. The molecule has 1 aliphatic heterocycles. The third-order valence-electron chi connectivity index (χ3n) is 4.70. The van der Waals surface area contributed by atoms with Gasteiger partial charge in [0, 0.05) is 10.6 Å². The zero-order valence-electron chi connectivity index (χ0n) is 15.6. The molecule has 3 rings (SSSR count). The van der Waals surface area contributed by atoms with Crippen molar-refractivity contribution in [3.8, 4) is 0 Å². The number of aliphatic hydroxyl groups is 1. The summed E-state index contributed by atoms with van der Waals surface area (Å²) in [5, 5.41) is 11.3. The summed E-state index contributed by atoms with van der Waals surface area (Å²) in [4.78, 5) is 28.0. The first kappa shape index (κ1) is 20.0. The number of nitrogens with one attached hydrogen (secondary N) is 1. The lowest BCUT2D eigenvalue weighted by atomic mass is 9.95. The Balaban J connectivity index is 2.13. The number of nitrogens with zero attached hydrogens (tertiary/aromatic N) is 1. The number of likely N-dealkylation sites (N-methyl/N-ethyl adjacent to an activating group) is 1. The number of hydrogen-bond acceptors (Lipinski definition) is 3. The van der Waals surface area contributed by atoms with Crippen molar-refractivity contribution in [2.24, 2.45) is 0 Å². The van der Waals surface area contributed by atoms with E-state index in [9.17, 15) is 19.1 Å². The Morgan fingerprint density at radius 2 is 1.71 bits per heavy atom. The van der Waals surface area contributed by atoms with E-state index in [0.717, 1.165) is 4.90 Å². The Morgan fingerprint density at radius 1 is 1.11 bits per heavy atom. The lowest BCUT2D eigenvalue weighted by molar-refractivity contribution is -0.857. The Labute approximate surface area is 167 Å². The second-order valence-corrected chi connectivity index (χ2v) is 7.44. The Kier molecular flexibility index (Phi) is 5.82. The number of carbonyl (C=O) groups is 2. The number of amides is 1. The first-order valence-corrected chi connectivity index (χ1v) is 9.26. The second kappa shape index (κ2) is 8.12. The first-order chi connectivity index (χ1) is 13.3. The van der Waals surface area contributed by atoms with Crippen LogP contribution in [0.3, 0.4) is 0 Å². The van der Waals surface area contributed by atoms with Crippen LogP contribution in [0.15, 0.2) is 54.1 Å². The summed E-state index contributed by atoms with van der Waals surface area (Å²) < 4.78 is 13.4. The molecule has 0 radical (unpaired) electrons. The third-order valence-corrected chi connectivity index (χ3v) is 4.95. The molecule has 1 saturated heterocycles. The molecular formula is C21H21ClFN2O3+. The maximum atomic E-state index is 13.4. The lowest BCUT2D eigenvalue weighted by Crippen LogP contribution is -3.06. The fourth-order valence-corrected chi connectivity index (χ4v) is 3.34. The molecule has 0 unspecified atom stereocenters. The molecule has 28 heavy (non-hydrogen) atoms. The number of ketones is 1. The lowest BCUT2D eigenvalue weighted by Gasteiger charge is -2.25. The molecule has 0 aliphatic carbocycles. The van der Waals surface area contributed by atoms with Gasteiger partial charge in [-0.15, -0.1) is 0 Å². The van der Waals surface area contributed by atoms with Gasteiger partial charge in [0.1, 0.15) is 11.6 Å². The Hall–Kier alpha value is -2.70. The van der Waals surface area contributed by atoms with Gasteiger partial charge < -0.3 is 14.9 Å². The Bertz CT molecular complexity index is 924. The number of likely N-dealkylation sites (tertiary alicyclic amines) is 1. The minimum absolute atomic E-state index is 0.00677. The van der Waals surface area contributed by atoms with Crippen LogP contribution in [-0.4, -0.2) is 48.9 Å². The van der Waals surface area contributed by atoms with Gasteiger partial charge in [0.25, 0.3) is 11.7 Å². The van der Waals surface area contributed by atoms with Crippen LogP contribution in [0.1, 0.15) is 17.2 Å². The molecule has 2 aromatic carbocycles. The van der Waals surface area contributed by atoms with Crippen molar-refractivity contribution in [3.05, 3.63) is 76.1 Å². The van der Waals surface area contributed by atoms with Gasteiger partial charge in [0.2, 0.25) is 0 Å². The van der Waals surface area contributed by atoms with E-state index in [4.69, 9.17) is 11.6 Å². The zero-order chi connectivity index (χ0) is 20.4. The van der Waals surface area contributed by atoms with Gasteiger partial charge in [-0.05, 0) is 42.0 Å². The van der Waals surface area contributed by atoms with Crippen LogP contribution in [0.5, 0.6) is 0 Å². The largest absolute Gasteiger partial charge is 0.507 e. The van der Waals surface area contributed by atoms with Crippen molar-refractivity contribution in [1.29, 1.82) is 0 Å². The predicted octanol–water partition coefficient (Wildman–Crippen LogP) is 2.05. The number of Topliss-reactive ketones (excluding diaryl/α,β-unsaturated/α-hetero) is 1. The maximum Gasteiger partial charge on any atom is 0.295 e. The molecule has 0 aromatic heterocycles. The van der Waals surface area contributed by atoms with Crippen LogP contribution >= 0.6 is 11.6 Å². The summed E-state index contributed by atoms with van der Waals surface area (Å²) in [6.45, 7) is 0.943. The molecule has 1 heterocycles. The van der Waals surface area contributed by atoms with Crippen molar-refractivity contribution in [2.45, 2.75) is 6.04 Å². The van der Waals surface area contributed by atoms with E-state index in [0.29, 0.717) is 29.2 Å². The van der Waals surface area contributed by atoms with E-state index in [1.807, 2.05) is 14.1 Å². The summed E-state index contributed by atoms with van der Waals surface area (Å²) in [7, 11) is 3.88. The van der Waals surface area contributed by atoms with Gasteiger partial charge in [0.15, 0.2) is 0 Å². The minimum Gasteiger partial charge on any atom is -0.507 e. The van der Waals surface area contributed by atoms with Crippen molar-refractivity contribution >= 4 is 29.1 Å². The highest BCUT2D eigenvalue weighted by atomic mass is 35.5. The summed E-state index contributed by atoms with van der Waals surface area (Å²) in [6, 6.07) is 11.2. The molecule has 7 heteroatoms. The van der Waals surface area contributed by atoms with Crippen molar-refractivity contribution in [2.75, 3.05) is 27.2 Å². The normalized spacial score (nSPS) is 18.9. The fourth-order valence-electron chi connectivity index (χ4n) is 3.21. The maximum absolute atomic E-state index is 13.4. The predicted molar refractivity (Wildman–Crippen MR) is 105 cm³/mol. The van der Waals surface area contributed by atoms with Gasteiger partial charge in [-0.25, -0.2) is 4.39 Å². The van der Waals surface area contributed by atoms with E-state index in [-0.39, 0.29) is 11.3 Å². The van der Waals surface area contributed by atoms with Crippen LogP contribution in [0.25, 0.3) is 5.76 Å². The van der Waals surface area contributed by atoms with Crippen LogP contribution in [-0.2, 0) is 9.59 Å². The van der Waals surface area contributed by atoms with E-state index in [1.54, 1.807) is 24.3 Å². The molecule has 2 aromatic rings. The molecule has 0 spiro atoms. The summed E-state index contributed by atoms with van der Waals surface area (Å²) in [5.41, 5.74) is 0.935. The fraction of sp³-hybridized carbons (Fsp3) is 0.238. The van der Waals surface area contributed by atoms with Crippen molar-refractivity contribution in [3.63, 3.8) is 0 Å². The zero-order valence-corrected chi connectivity index (χ0v) is 16.3. The molecular weight excluding hydrogens is 383 g/mol. The van der Waals surface area contributed by atoms with E-state index in [2.05, 4.69) is 0 Å².